The molecule has 0 saturated heterocycles. The van der Waals surface area contributed by atoms with Gasteiger partial charge in [0, 0.05) is 0 Å². The van der Waals surface area contributed by atoms with Crippen molar-refractivity contribution >= 4 is 50.4 Å². The summed E-state index contributed by atoms with van der Waals surface area (Å²) in [6.07, 6.45) is 0. The molecule has 3 heteroatoms. The number of hydrogen-bond acceptors (Lipinski definition) is 2. The Balaban J connectivity index is 1.45. The molecule has 0 spiro atoms. The van der Waals surface area contributed by atoms with Crippen LogP contribution in [-0.2, 0) is 0 Å². The van der Waals surface area contributed by atoms with Crippen LogP contribution < -0.4 is 30.2 Å². The molecule has 0 bridgehead atoms. The summed E-state index contributed by atoms with van der Waals surface area (Å²) in [5.41, 5.74) is 4.58. The molecule has 8 aromatic carbocycles. The van der Waals surface area contributed by atoms with Crippen LogP contribution in [0.15, 0.2) is 170 Å². The number of fused-ring (bicyclic) bond motifs is 6. The summed E-state index contributed by atoms with van der Waals surface area (Å²) in [6, 6.07) is 61.3. The Bertz CT molecular complexity index is 2360. The third-order valence-electron chi connectivity index (χ3n) is 10.3. The van der Waals surface area contributed by atoms with E-state index in [4.69, 9.17) is 9.47 Å². The molecular weight excluding hydrogens is 589 g/mol. The first-order chi connectivity index (χ1) is 23.3. The van der Waals surface area contributed by atoms with E-state index in [0.717, 1.165) is 45.3 Å². The van der Waals surface area contributed by atoms with Crippen LogP contribution in [0.2, 0.25) is 0 Å². The Hall–Kier alpha value is -5.90. The van der Waals surface area contributed by atoms with Crippen molar-refractivity contribution in [2.45, 2.75) is 0 Å². The second kappa shape index (κ2) is 10.0. The summed E-state index contributed by atoms with van der Waals surface area (Å²) in [5.74, 6) is 3.68. The van der Waals surface area contributed by atoms with Crippen LogP contribution >= 0.6 is 0 Å². The average molecular weight is 618 g/mol. The zero-order valence-corrected chi connectivity index (χ0v) is 26.7. The van der Waals surface area contributed by atoms with Gasteiger partial charge in [0.05, 0.1) is 0 Å². The second-order valence-corrected chi connectivity index (χ2v) is 16.9. The maximum absolute atomic E-state index is 7.14. The summed E-state index contributed by atoms with van der Waals surface area (Å²) >= 11 is 0. The van der Waals surface area contributed by atoms with Crippen molar-refractivity contribution in [3.05, 3.63) is 170 Å². The first-order valence-corrected chi connectivity index (χ1v) is 18.6. The van der Waals surface area contributed by atoms with Crippen LogP contribution in [0.5, 0.6) is 23.0 Å². The van der Waals surface area contributed by atoms with Crippen LogP contribution in [0, 0.1) is 0 Å². The molecule has 8 aromatic rings. The Kier molecular flexibility index (Phi) is 5.63. The summed E-state index contributed by atoms with van der Waals surface area (Å²) in [4.78, 5) is 0. The Morgan fingerprint density at radius 3 is 1.30 bits per heavy atom. The molecule has 0 saturated carbocycles. The molecule has 0 aromatic heterocycles. The van der Waals surface area contributed by atoms with Gasteiger partial charge in [-0.15, -0.1) is 0 Å². The molecule has 0 radical (unpaired) electrons. The molecule has 2 aliphatic rings. The topological polar surface area (TPSA) is 18.5 Å². The molecule has 0 aliphatic carbocycles. The van der Waals surface area contributed by atoms with Crippen LogP contribution in [0.4, 0.5) is 0 Å². The summed E-state index contributed by atoms with van der Waals surface area (Å²) in [5, 5.41) is 9.90. The molecule has 0 atom stereocenters. The summed E-state index contributed by atoms with van der Waals surface area (Å²) in [6.45, 7) is 0. The molecule has 222 valence electrons. The third kappa shape index (κ3) is 3.66. The number of benzene rings is 8. The van der Waals surface area contributed by atoms with Gasteiger partial charge in [-0.1, -0.05) is 0 Å². The zero-order valence-electron chi connectivity index (χ0n) is 25.6. The Morgan fingerprint density at radius 1 is 0.383 bits per heavy atom. The molecule has 2 nitrogen and oxygen atoms in total. The maximum atomic E-state index is 7.14. The van der Waals surface area contributed by atoms with E-state index in [9.17, 15) is 0 Å². The minimum absolute atomic E-state index is 0.886. The van der Waals surface area contributed by atoms with E-state index in [0.29, 0.717) is 0 Å². The van der Waals surface area contributed by atoms with Gasteiger partial charge in [0.2, 0.25) is 0 Å². The van der Waals surface area contributed by atoms with E-state index in [1.165, 1.54) is 42.3 Å². The minimum atomic E-state index is -3.53. The fraction of sp³-hybridized carbons (Fsp3) is 0. The zero-order chi connectivity index (χ0) is 31.0. The van der Waals surface area contributed by atoms with Gasteiger partial charge in [0.25, 0.3) is 0 Å². The third-order valence-corrected chi connectivity index (χ3v) is 15.8. The molecule has 0 fully saturated rings. The number of ether oxygens (including phenoxy) is 2. The standard InChI is InChI=1S/C44H29O2Si/c1-4-15-29(16-5-1)40-34-23-12-10-19-31(34)27-38-42(40)45-36-25-14-26-37-44(36)47(38,33-21-8-3-9-22-33)39-28-32-20-11-13-24-35(32)41(43(39)46-37)30-17-6-2-7-18-30/h1-28,47H/q-1. The molecule has 47 heavy (non-hydrogen) atoms. The molecule has 0 amide bonds. The van der Waals surface area contributed by atoms with Crippen molar-refractivity contribution in [1.82, 2.24) is 0 Å². The quantitative estimate of drug-likeness (QED) is 0.185. The molecule has 2 aliphatic heterocycles. The van der Waals surface area contributed by atoms with E-state index in [1.54, 1.807) is 0 Å². The van der Waals surface area contributed by atoms with Crippen molar-refractivity contribution in [2.24, 2.45) is 0 Å². The average Bonchev–Trinajstić information content (AvgIpc) is 3.14. The van der Waals surface area contributed by atoms with Crippen LogP contribution in [0.25, 0.3) is 43.8 Å². The van der Waals surface area contributed by atoms with Gasteiger partial charge in [-0.05, 0) is 0 Å². The molecule has 0 N–H and O–H groups in total. The fourth-order valence-electron chi connectivity index (χ4n) is 8.44. The molecule has 10 rings (SSSR count). The van der Waals surface area contributed by atoms with E-state index in [1.807, 2.05) is 0 Å². The predicted molar refractivity (Wildman–Crippen MR) is 197 cm³/mol. The molecule has 0 unspecified atom stereocenters. The molecular formula is C44H29O2Si-. The normalized spacial score (nSPS) is 14.3. The van der Waals surface area contributed by atoms with Crippen molar-refractivity contribution in [2.75, 3.05) is 0 Å². The SMILES string of the molecule is c1ccc(-c2c3c(cc4ccccc24)[SiH-]2(c4ccccc4)c4cc5ccccc5c(-c5ccccc5)c4Oc4cccc(c42)O3)cc1. The van der Waals surface area contributed by atoms with E-state index in [-0.39, 0.29) is 0 Å². The first-order valence-electron chi connectivity index (χ1n) is 16.3. The van der Waals surface area contributed by atoms with Crippen molar-refractivity contribution in [3.8, 4) is 45.3 Å². The van der Waals surface area contributed by atoms with Crippen molar-refractivity contribution in [1.29, 1.82) is 0 Å². The van der Waals surface area contributed by atoms with Crippen molar-refractivity contribution < 1.29 is 9.47 Å². The van der Waals surface area contributed by atoms with Crippen LogP contribution in [0.3, 0.4) is 0 Å². The van der Waals surface area contributed by atoms with Gasteiger partial charge in [0.15, 0.2) is 0 Å². The van der Waals surface area contributed by atoms with Gasteiger partial charge in [-0.25, -0.2) is 0 Å². The second-order valence-electron chi connectivity index (χ2n) is 12.7. The van der Waals surface area contributed by atoms with Crippen LogP contribution in [-0.4, -0.2) is 8.07 Å². The summed E-state index contributed by atoms with van der Waals surface area (Å²) < 4.78 is 14.3. The van der Waals surface area contributed by atoms with Gasteiger partial charge < -0.3 is 0 Å². The number of hydrogen-bond donors (Lipinski definition) is 0. The molecule has 2 heterocycles. The van der Waals surface area contributed by atoms with Crippen molar-refractivity contribution in [3.63, 3.8) is 0 Å². The van der Waals surface area contributed by atoms with E-state index < -0.39 is 8.07 Å². The monoisotopic (exact) mass is 617 g/mol. The van der Waals surface area contributed by atoms with E-state index >= 15 is 0 Å². The van der Waals surface area contributed by atoms with E-state index in [2.05, 4.69) is 170 Å². The Morgan fingerprint density at radius 2 is 0.809 bits per heavy atom. The number of rotatable bonds is 3. The van der Waals surface area contributed by atoms with Gasteiger partial charge in [-0.3, -0.25) is 0 Å². The fourth-order valence-corrected chi connectivity index (χ4v) is 14.5. The first kappa shape index (κ1) is 26.3. The predicted octanol–water partition coefficient (Wildman–Crippen LogP) is 8.65. The van der Waals surface area contributed by atoms with Gasteiger partial charge >= 0.3 is 275 Å². The van der Waals surface area contributed by atoms with Gasteiger partial charge in [-0.2, -0.15) is 0 Å². The Labute approximate surface area is 274 Å². The van der Waals surface area contributed by atoms with Crippen LogP contribution in [0.1, 0.15) is 0 Å². The summed E-state index contributed by atoms with van der Waals surface area (Å²) in [7, 11) is -3.53. The van der Waals surface area contributed by atoms with Gasteiger partial charge in [0.1, 0.15) is 0 Å².